The van der Waals surface area contributed by atoms with E-state index in [0.29, 0.717) is 18.0 Å². The van der Waals surface area contributed by atoms with Crippen molar-refractivity contribution in [3.05, 3.63) is 53.6 Å². The lowest BCUT2D eigenvalue weighted by Gasteiger charge is -2.39. The van der Waals surface area contributed by atoms with E-state index in [4.69, 9.17) is 9.47 Å². The van der Waals surface area contributed by atoms with Crippen LogP contribution < -0.4 is 19.7 Å². The van der Waals surface area contributed by atoms with E-state index < -0.39 is 0 Å². The van der Waals surface area contributed by atoms with Gasteiger partial charge in [0.25, 0.3) is 5.91 Å². The molecule has 4 rings (SSSR count). The zero-order valence-electron chi connectivity index (χ0n) is 20.0. The highest BCUT2D eigenvalue weighted by molar-refractivity contribution is 5.77. The van der Waals surface area contributed by atoms with E-state index in [0.717, 1.165) is 39.1 Å². The number of benzene rings is 2. The lowest BCUT2D eigenvalue weighted by atomic mass is 9.95. The number of fused-ring (bicyclic) bond motifs is 1. The third-order valence-corrected chi connectivity index (χ3v) is 6.74. The molecular weight excluding hydrogens is 416 g/mol. The number of para-hydroxylation sites is 2. The molecule has 0 saturated carbocycles. The minimum Gasteiger partial charge on any atom is -0.493 e. The fourth-order valence-electron chi connectivity index (χ4n) is 4.75. The lowest BCUT2D eigenvalue weighted by molar-refractivity contribution is -0.123. The second-order valence-corrected chi connectivity index (χ2v) is 9.01. The molecule has 2 heterocycles. The highest BCUT2D eigenvalue weighted by atomic mass is 16.5. The molecule has 0 bridgehead atoms. The van der Waals surface area contributed by atoms with E-state index in [-0.39, 0.29) is 18.6 Å². The predicted octanol–water partition coefficient (Wildman–Crippen LogP) is 2.56. The first-order chi connectivity index (χ1) is 16.0. The first-order valence-corrected chi connectivity index (χ1v) is 11.8. The number of likely N-dealkylation sites (N-methyl/N-ethyl adjacent to an activating group) is 1. The standard InChI is InChI=1S/C26H36N4O3/c1-28-13-15-30(16-14-28)23(21-10-11-22-20(17-21)7-6-12-29(22)2)18-27-26(31)19-33-25-9-5-4-8-24(25)32-3/h4-5,8-11,17,23H,6-7,12-16,18-19H2,1-3H3,(H,27,31)/t23-/m1/s1. The Labute approximate surface area is 197 Å². The van der Waals surface area contributed by atoms with Gasteiger partial charge in [-0.15, -0.1) is 0 Å². The molecule has 1 fully saturated rings. The number of anilines is 1. The van der Waals surface area contributed by atoms with Crippen LogP contribution in [-0.4, -0.2) is 82.8 Å². The Balaban J connectivity index is 1.43. The Kier molecular flexibility index (Phi) is 7.73. The van der Waals surface area contributed by atoms with Crippen LogP contribution >= 0.6 is 0 Å². The molecule has 0 unspecified atom stereocenters. The molecule has 0 aromatic heterocycles. The summed E-state index contributed by atoms with van der Waals surface area (Å²) in [4.78, 5) is 19.8. The molecule has 178 valence electrons. The summed E-state index contributed by atoms with van der Waals surface area (Å²) in [6, 6.07) is 14.4. The Morgan fingerprint density at radius 2 is 1.79 bits per heavy atom. The number of hydrogen-bond acceptors (Lipinski definition) is 6. The zero-order chi connectivity index (χ0) is 23.2. The van der Waals surface area contributed by atoms with Crippen molar-refractivity contribution < 1.29 is 14.3 Å². The third-order valence-electron chi connectivity index (χ3n) is 6.74. The lowest BCUT2D eigenvalue weighted by Crippen LogP contribution is -2.48. The van der Waals surface area contributed by atoms with Crippen LogP contribution in [0.5, 0.6) is 11.5 Å². The number of piperazine rings is 1. The minimum atomic E-state index is -0.127. The van der Waals surface area contributed by atoms with Crippen LogP contribution in [-0.2, 0) is 11.2 Å². The number of amides is 1. The summed E-state index contributed by atoms with van der Waals surface area (Å²) < 4.78 is 11.0. The smallest absolute Gasteiger partial charge is 0.258 e. The van der Waals surface area contributed by atoms with Gasteiger partial charge in [0.05, 0.1) is 13.2 Å². The summed E-state index contributed by atoms with van der Waals surface area (Å²) >= 11 is 0. The number of hydrogen-bond donors (Lipinski definition) is 1. The molecule has 1 amide bonds. The number of carbonyl (C=O) groups excluding carboxylic acids is 1. The van der Waals surface area contributed by atoms with Crippen molar-refractivity contribution in [3.8, 4) is 11.5 Å². The molecule has 2 aromatic carbocycles. The molecule has 7 heteroatoms. The van der Waals surface area contributed by atoms with Crippen LogP contribution in [0.3, 0.4) is 0 Å². The molecule has 1 saturated heterocycles. The average Bonchev–Trinajstić information content (AvgIpc) is 2.84. The maximum atomic E-state index is 12.7. The maximum Gasteiger partial charge on any atom is 0.258 e. The van der Waals surface area contributed by atoms with Crippen LogP contribution in [0.4, 0.5) is 5.69 Å². The number of aryl methyl sites for hydroxylation is 1. The van der Waals surface area contributed by atoms with Gasteiger partial charge in [0.1, 0.15) is 0 Å². The van der Waals surface area contributed by atoms with Crippen molar-refractivity contribution in [1.82, 2.24) is 15.1 Å². The van der Waals surface area contributed by atoms with Gasteiger partial charge in [-0.1, -0.05) is 24.3 Å². The second kappa shape index (κ2) is 10.9. The molecule has 1 atom stereocenters. The molecule has 33 heavy (non-hydrogen) atoms. The quantitative estimate of drug-likeness (QED) is 0.665. The molecular formula is C26H36N4O3. The van der Waals surface area contributed by atoms with Gasteiger partial charge in [-0.25, -0.2) is 0 Å². The van der Waals surface area contributed by atoms with E-state index in [1.165, 1.54) is 23.2 Å². The van der Waals surface area contributed by atoms with Crippen LogP contribution in [0.2, 0.25) is 0 Å². The molecule has 2 aliphatic rings. The normalized spacial score (nSPS) is 17.8. The fraction of sp³-hybridized carbons (Fsp3) is 0.500. The van der Waals surface area contributed by atoms with E-state index in [9.17, 15) is 4.79 Å². The summed E-state index contributed by atoms with van der Waals surface area (Å²) in [7, 11) is 5.93. The van der Waals surface area contributed by atoms with E-state index in [2.05, 4.69) is 52.3 Å². The van der Waals surface area contributed by atoms with Crippen LogP contribution in [0.25, 0.3) is 0 Å². The summed E-state index contributed by atoms with van der Waals surface area (Å²) in [5, 5.41) is 3.12. The number of rotatable bonds is 8. The van der Waals surface area contributed by atoms with Gasteiger partial charge in [-0.05, 0) is 49.2 Å². The Hall–Kier alpha value is -2.77. The molecule has 0 spiro atoms. The largest absolute Gasteiger partial charge is 0.493 e. The Morgan fingerprint density at radius 1 is 1.03 bits per heavy atom. The van der Waals surface area contributed by atoms with Crippen LogP contribution in [0, 0.1) is 0 Å². The number of methoxy groups -OCH3 is 1. The molecule has 0 radical (unpaired) electrons. The Morgan fingerprint density at radius 3 is 2.55 bits per heavy atom. The zero-order valence-corrected chi connectivity index (χ0v) is 20.0. The molecule has 1 N–H and O–H groups in total. The van der Waals surface area contributed by atoms with Gasteiger partial charge in [-0.2, -0.15) is 0 Å². The third kappa shape index (κ3) is 5.78. The first-order valence-electron chi connectivity index (χ1n) is 11.8. The van der Waals surface area contributed by atoms with Gasteiger partial charge in [-0.3, -0.25) is 9.69 Å². The van der Waals surface area contributed by atoms with Crippen LogP contribution in [0.15, 0.2) is 42.5 Å². The molecule has 7 nitrogen and oxygen atoms in total. The van der Waals surface area contributed by atoms with Crippen LogP contribution in [0.1, 0.15) is 23.6 Å². The van der Waals surface area contributed by atoms with Crippen molar-refractivity contribution in [3.63, 3.8) is 0 Å². The summed E-state index contributed by atoms with van der Waals surface area (Å²) in [5.74, 6) is 1.07. The fourth-order valence-corrected chi connectivity index (χ4v) is 4.75. The maximum absolute atomic E-state index is 12.7. The van der Waals surface area contributed by atoms with Crippen molar-refractivity contribution in [1.29, 1.82) is 0 Å². The highest BCUT2D eigenvalue weighted by Gasteiger charge is 2.26. The monoisotopic (exact) mass is 452 g/mol. The topological polar surface area (TPSA) is 57.3 Å². The first kappa shape index (κ1) is 23.4. The van der Waals surface area contributed by atoms with Crippen molar-refractivity contribution in [2.24, 2.45) is 0 Å². The number of ether oxygens (including phenoxy) is 2. The SMILES string of the molecule is COc1ccccc1OCC(=O)NC[C@H](c1ccc2c(c1)CCCN2C)N1CCN(C)CC1. The van der Waals surface area contributed by atoms with Crippen molar-refractivity contribution in [2.45, 2.75) is 18.9 Å². The average molecular weight is 453 g/mol. The van der Waals surface area contributed by atoms with Gasteiger partial charge >= 0.3 is 0 Å². The Bertz CT molecular complexity index is 943. The highest BCUT2D eigenvalue weighted by Crippen LogP contribution is 2.31. The summed E-state index contributed by atoms with van der Waals surface area (Å²) in [5.41, 5.74) is 4.02. The summed E-state index contributed by atoms with van der Waals surface area (Å²) in [6.45, 7) is 5.69. The van der Waals surface area contributed by atoms with Gasteiger partial charge in [0.15, 0.2) is 18.1 Å². The number of carbonyl (C=O) groups is 1. The van der Waals surface area contributed by atoms with Gasteiger partial charge in [0, 0.05) is 52.0 Å². The molecule has 0 aliphatic carbocycles. The van der Waals surface area contributed by atoms with Crippen molar-refractivity contribution >= 4 is 11.6 Å². The van der Waals surface area contributed by atoms with Crippen molar-refractivity contribution in [2.75, 3.05) is 72.0 Å². The minimum absolute atomic E-state index is 0.0369. The van der Waals surface area contributed by atoms with Gasteiger partial charge < -0.3 is 24.6 Å². The van der Waals surface area contributed by atoms with E-state index in [1.807, 2.05) is 24.3 Å². The van der Waals surface area contributed by atoms with E-state index >= 15 is 0 Å². The van der Waals surface area contributed by atoms with Gasteiger partial charge in [0.2, 0.25) is 0 Å². The number of nitrogens with one attached hydrogen (secondary N) is 1. The van der Waals surface area contributed by atoms with E-state index in [1.54, 1.807) is 7.11 Å². The molecule has 2 aromatic rings. The molecule has 2 aliphatic heterocycles. The number of nitrogens with zero attached hydrogens (tertiary/aromatic N) is 3. The second-order valence-electron chi connectivity index (χ2n) is 9.01. The summed E-state index contributed by atoms with van der Waals surface area (Å²) in [6.07, 6.45) is 2.30. The predicted molar refractivity (Wildman–Crippen MR) is 131 cm³/mol.